The molecule has 0 amide bonds. The molecule has 0 bridgehead atoms. The summed E-state index contributed by atoms with van der Waals surface area (Å²) in [6, 6.07) is 4.26. The smallest absolute Gasteiger partial charge is 0.303 e. The van der Waals surface area contributed by atoms with Crippen molar-refractivity contribution in [3.8, 4) is 0 Å². The Morgan fingerprint density at radius 1 is 1.14 bits per heavy atom. The molecular formula is C13H17Cl2NO4S. The highest BCUT2D eigenvalue weighted by Crippen LogP contribution is 2.24. The maximum atomic E-state index is 12.1. The monoisotopic (exact) mass is 353 g/mol. The number of hydrogen-bond donors (Lipinski definition) is 2. The molecule has 0 unspecified atom stereocenters. The minimum Gasteiger partial charge on any atom is -0.481 e. The normalized spacial score (nSPS) is 11.5. The van der Waals surface area contributed by atoms with Gasteiger partial charge in [0.25, 0.3) is 0 Å². The molecular weight excluding hydrogens is 337 g/mol. The van der Waals surface area contributed by atoms with Crippen molar-refractivity contribution in [1.82, 2.24) is 4.72 Å². The summed E-state index contributed by atoms with van der Waals surface area (Å²) in [5, 5.41) is 8.90. The molecule has 0 atom stereocenters. The van der Waals surface area contributed by atoms with Gasteiger partial charge in [-0.25, -0.2) is 13.1 Å². The number of benzene rings is 1. The zero-order valence-electron chi connectivity index (χ0n) is 11.3. The zero-order chi connectivity index (χ0) is 15.9. The van der Waals surface area contributed by atoms with E-state index < -0.39 is 16.0 Å². The standard InChI is InChI=1S/C13H17Cl2NO4S/c14-10-6-7-11(15)12(9-10)21(19,20)16-8-4-2-1-3-5-13(17)18/h6-7,9,16H,1-5,8H2,(H,17,18). The van der Waals surface area contributed by atoms with Crippen LogP contribution >= 0.6 is 23.2 Å². The van der Waals surface area contributed by atoms with Crippen molar-refractivity contribution in [2.75, 3.05) is 6.54 Å². The van der Waals surface area contributed by atoms with E-state index in [4.69, 9.17) is 28.3 Å². The molecule has 1 aromatic carbocycles. The summed E-state index contributed by atoms with van der Waals surface area (Å²) in [6.07, 6.45) is 2.90. The largest absolute Gasteiger partial charge is 0.481 e. The first-order chi connectivity index (χ1) is 9.83. The molecule has 0 radical (unpaired) electrons. The number of nitrogens with one attached hydrogen (secondary N) is 1. The second kappa shape index (κ2) is 8.58. The van der Waals surface area contributed by atoms with E-state index in [1.807, 2.05) is 0 Å². The van der Waals surface area contributed by atoms with Crippen LogP contribution < -0.4 is 4.72 Å². The molecule has 1 rings (SSSR count). The summed E-state index contributed by atoms with van der Waals surface area (Å²) in [5.74, 6) is -0.814. The molecule has 0 saturated heterocycles. The fourth-order valence-corrected chi connectivity index (χ4v) is 3.56. The molecule has 0 aromatic heterocycles. The van der Waals surface area contributed by atoms with Crippen molar-refractivity contribution in [2.45, 2.75) is 37.0 Å². The van der Waals surface area contributed by atoms with Gasteiger partial charge in [-0.3, -0.25) is 4.79 Å². The van der Waals surface area contributed by atoms with Gasteiger partial charge in [0.15, 0.2) is 0 Å². The number of carbonyl (C=O) groups is 1. The van der Waals surface area contributed by atoms with Crippen LogP contribution in [0.4, 0.5) is 0 Å². The molecule has 0 aliphatic rings. The van der Waals surface area contributed by atoms with Crippen molar-refractivity contribution < 1.29 is 18.3 Å². The summed E-state index contributed by atoms with van der Waals surface area (Å²) in [7, 11) is -3.68. The number of sulfonamides is 1. The van der Waals surface area contributed by atoms with Gasteiger partial charge in [0.1, 0.15) is 4.90 Å². The summed E-state index contributed by atoms with van der Waals surface area (Å²) in [6.45, 7) is 0.276. The van der Waals surface area contributed by atoms with E-state index in [2.05, 4.69) is 4.72 Å². The molecule has 0 saturated carbocycles. The zero-order valence-corrected chi connectivity index (χ0v) is 13.6. The fraction of sp³-hybridized carbons (Fsp3) is 0.462. The van der Waals surface area contributed by atoms with E-state index in [-0.39, 0.29) is 22.9 Å². The quantitative estimate of drug-likeness (QED) is 0.667. The molecule has 8 heteroatoms. The molecule has 0 heterocycles. The van der Waals surface area contributed by atoms with Gasteiger partial charge in [-0.1, -0.05) is 36.0 Å². The van der Waals surface area contributed by atoms with Crippen LogP contribution in [0.1, 0.15) is 32.1 Å². The number of hydrogen-bond acceptors (Lipinski definition) is 3. The van der Waals surface area contributed by atoms with Crippen LogP contribution in [0.2, 0.25) is 10.0 Å². The molecule has 21 heavy (non-hydrogen) atoms. The lowest BCUT2D eigenvalue weighted by atomic mass is 10.1. The lowest BCUT2D eigenvalue weighted by molar-refractivity contribution is -0.137. The van der Waals surface area contributed by atoms with E-state index in [9.17, 15) is 13.2 Å². The average molecular weight is 354 g/mol. The predicted molar refractivity (Wildman–Crippen MR) is 82.4 cm³/mol. The highest BCUT2D eigenvalue weighted by atomic mass is 35.5. The van der Waals surface area contributed by atoms with Crippen LogP contribution in [0.25, 0.3) is 0 Å². The highest BCUT2D eigenvalue weighted by molar-refractivity contribution is 7.89. The van der Waals surface area contributed by atoms with Gasteiger partial charge >= 0.3 is 5.97 Å². The van der Waals surface area contributed by atoms with Crippen LogP contribution in [0.5, 0.6) is 0 Å². The minimum atomic E-state index is -3.68. The van der Waals surface area contributed by atoms with Gasteiger partial charge in [-0.2, -0.15) is 0 Å². The van der Waals surface area contributed by atoms with Crippen LogP contribution in [-0.4, -0.2) is 26.0 Å². The Balaban J connectivity index is 2.40. The van der Waals surface area contributed by atoms with Gasteiger partial charge < -0.3 is 5.11 Å². The number of carboxylic acid groups (broad SMARTS) is 1. The SMILES string of the molecule is O=C(O)CCCCCCNS(=O)(=O)c1cc(Cl)ccc1Cl. The van der Waals surface area contributed by atoms with E-state index >= 15 is 0 Å². The molecule has 118 valence electrons. The Hall–Kier alpha value is -0.820. The molecule has 1 aromatic rings. The second-order valence-corrected chi connectivity index (χ2v) is 7.11. The van der Waals surface area contributed by atoms with Gasteiger partial charge in [0, 0.05) is 18.0 Å². The van der Waals surface area contributed by atoms with Crippen molar-refractivity contribution in [3.63, 3.8) is 0 Å². The Kier molecular flexibility index (Phi) is 7.45. The Morgan fingerprint density at radius 3 is 2.48 bits per heavy atom. The number of aliphatic carboxylic acids is 1. The molecule has 0 aliphatic heterocycles. The van der Waals surface area contributed by atoms with Crippen LogP contribution in [0.3, 0.4) is 0 Å². The molecule has 0 fully saturated rings. The fourth-order valence-electron chi connectivity index (χ4n) is 1.72. The van der Waals surface area contributed by atoms with E-state index in [1.165, 1.54) is 18.2 Å². The van der Waals surface area contributed by atoms with Gasteiger partial charge in [0.05, 0.1) is 5.02 Å². The third-order valence-electron chi connectivity index (χ3n) is 2.79. The third-order valence-corrected chi connectivity index (χ3v) is 4.97. The predicted octanol–water partition coefficient (Wildman–Crippen LogP) is 3.31. The minimum absolute atomic E-state index is 0.0393. The first-order valence-electron chi connectivity index (χ1n) is 6.49. The van der Waals surface area contributed by atoms with Crippen molar-refractivity contribution in [2.24, 2.45) is 0 Å². The first kappa shape index (κ1) is 18.2. The van der Waals surface area contributed by atoms with E-state index in [0.717, 1.165) is 12.8 Å². The second-order valence-electron chi connectivity index (χ2n) is 4.53. The summed E-state index contributed by atoms with van der Waals surface area (Å²) in [4.78, 5) is 10.3. The Bertz CT molecular complexity index is 590. The number of unbranched alkanes of at least 4 members (excludes halogenated alkanes) is 3. The summed E-state index contributed by atoms with van der Waals surface area (Å²) >= 11 is 11.6. The van der Waals surface area contributed by atoms with Crippen molar-refractivity contribution >= 4 is 39.2 Å². The maximum Gasteiger partial charge on any atom is 0.303 e. The Morgan fingerprint density at radius 2 is 1.81 bits per heavy atom. The number of carboxylic acids is 1. The highest BCUT2D eigenvalue weighted by Gasteiger charge is 2.17. The maximum absolute atomic E-state index is 12.1. The van der Waals surface area contributed by atoms with Crippen molar-refractivity contribution in [3.05, 3.63) is 28.2 Å². The number of halogens is 2. The van der Waals surface area contributed by atoms with Crippen molar-refractivity contribution in [1.29, 1.82) is 0 Å². The van der Waals surface area contributed by atoms with E-state index in [1.54, 1.807) is 0 Å². The van der Waals surface area contributed by atoms with Crippen LogP contribution in [0, 0.1) is 0 Å². The van der Waals surface area contributed by atoms with Gasteiger partial charge in [-0.05, 0) is 31.0 Å². The molecule has 0 spiro atoms. The lowest BCUT2D eigenvalue weighted by Crippen LogP contribution is -2.25. The summed E-state index contributed by atoms with van der Waals surface area (Å²) in [5.41, 5.74) is 0. The first-order valence-corrected chi connectivity index (χ1v) is 8.73. The molecule has 0 aliphatic carbocycles. The molecule has 2 N–H and O–H groups in total. The summed E-state index contributed by atoms with van der Waals surface area (Å²) < 4.78 is 26.6. The van der Waals surface area contributed by atoms with E-state index in [0.29, 0.717) is 17.9 Å². The lowest BCUT2D eigenvalue weighted by Gasteiger charge is -2.08. The number of rotatable bonds is 9. The van der Waals surface area contributed by atoms with Crippen LogP contribution in [0.15, 0.2) is 23.1 Å². The Labute approximate surface area is 134 Å². The van der Waals surface area contributed by atoms with Gasteiger partial charge in [0.2, 0.25) is 10.0 Å². The topological polar surface area (TPSA) is 83.5 Å². The average Bonchev–Trinajstić information content (AvgIpc) is 2.40. The third kappa shape index (κ3) is 6.65. The van der Waals surface area contributed by atoms with Crippen LogP contribution in [-0.2, 0) is 14.8 Å². The molecule has 5 nitrogen and oxygen atoms in total. The van der Waals surface area contributed by atoms with Gasteiger partial charge in [-0.15, -0.1) is 0 Å².